The number of anilines is 2. The SMILES string of the molecule is C[C@H](Nc1nccc(N)c1-c1nc(C2CC2)no1)c1cc2cccc(Cl)c2c(=O)n1-c1ccccc1. The lowest BCUT2D eigenvalue weighted by Crippen LogP contribution is -2.26. The first-order valence-corrected chi connectivity index (χ1v) is 12.1. The minimum absolute atomic E-state index is 0.195. The molecule has 9 heteroatoms. The Morgan fingerprint density at radius 2 is 1.94 bits per heavy atom. The van der Waals surface area contributed by atoms with Crippen molar-refractivity contribution in [3.05, 3.63) is 93.8 Å². The molecule has 8 nitrogen and oxygen atoms in total. The Morgan fingerprint density at radius 1 is 1.14 bits per heavy atom. The van der Waals surface area contributed by atoms with Crippen molar-refractivity contribution in [1.29, 1.82) is 0 Å². The largest absolute Gasteiger partial charge is 0.398 e. The Labute approximate surface area is 211 Å². The van der Waals surface area contributed by atoms with Crippen molar-refractivity contribution < 1.29 is 4.52 Å². The van der Waals surface area contributed by atoms with Crippen LogP contribution in [0.4, 0.5) is 11.5 Å². The van der Waals surface area contributed by atoms with Crippen LogP contribution in [0.1, 0.15) is 43.2 Å². The molecule has 180 valence electrons. The summed E-state index contributed by atoms with van der Waals surface area (Å²) < 4.78 is 7.23. The van der Waals surface area contributed by atoms with E-state index in [1.807, 2.05) is 55.5 Å². The minimum atomic E-state index is -0.347. The Balaban J connectivity index is 1.47. The first-order valence-electron chi connectivity index (χ1n) is 11.8. The molecule has 0 aliphatic heterocycles. The molecule has 2 aromatic carbocycles. The number of nitrogens with one attached hydrogen (secondary N) is 1. The number of hydrogen-bond donors (Lipinski definition) is 2. The maximum absolute atomic E-state index is 13.7. The summed E-state index contributed by atoms with van der Waals surface area (Å²) in [7, 11) is 0. The number of pyridine rings is 2. The van der Waals surface area contributed by atoms with Crippen LogP contribution in [-0.4, -0.2) is 19.7 Å². The highest BCUT2D eigenvalue weighted by Gasteiger charge is 2.30. The molecule has 3 N–H and O–H groups in total. The highest BCUT2D eigenvalue weighted by molar-refractivity contribution is 6.35. The molecule has 1 fully saturated rings. The molecule has 0 unspecified atom stereocenters. The molecule has 1 aliphatic rings. The molecule has 0 spiro atoms. The van der Waals surface area contributed by atoms with Crippen LogP contribution in [0.3, 0.4) is 0 Å². The lowest BCUT2D eigenvalue weighted by atomic mass is 10.1. The monoisotopic (exact) mass is 498 g/mol. The van der Waals surface area contributed by atoms with E-state index in [9.17, 15) is 4.79 Å². The van der Waals surface area contributed by atoms with Crippen LogP contribution in [-0.2, 0) is 0 Å². The van der Waals surface area contributed by atoms with Gasteiger partial charge in [-0.1, -0.05) is 47.1 Å². The molecule has 36 heavy (non-hydrogen) atoms. The number of para-hydroxylation sites is 1. The maximum atomic E-state index is 13.7. The van der Waals surface area contributed by atoms with Crippen molar-refractivity contribution in [1.82, 2.24) is 19.7 Å². The van der Waals surface area contributed by atoms with E-state index >= 15 is 0 Å². The molecule has 0 amide bonds. The summed E-state index contributed by atoms with van der Waals surface area (Å²) in [5.74, 6) is 1.85. The molecule has 0 bridgehead atoms. The third kappa shape index (κ3) is 3.89. The second-order valence-electron chi connectivity index (χ2n) is 8.97. The normalized spacial score (nSPS) is 14.2. The summed E-state index contributed by atoms with van der Waals surface area (Å²) in [6, 6.07) is 18.3. The summed E-state index contributed by atoms with van der Waals surface area (Å²) in [5, 5.41) is 9.20. The maximum Gasteiger partial charge on any atom is 0.264 e. The highest BCUT2D eigenvalue weighted by atomic mass is 35.5. The number of fused-ring (bicyclic) bond motifs is 1. The van der Waals surface area contributed by atoms with Gasteiger partial charge in [0.15, 0.2) is 5.82 Å². The lowest BCUT2D eigenvalue weighted by molar-refractivity contribution is 0.423. The first kappa shape index (κ1) is 22.3. The molecule has 1 saturated carbocycles. The van der Waals surface area contributed by atoms with Crippen LogP contribution in [0.15, 0.2) is 76.2 Å². The zero-order valence-corrected chi connectivity index (χ0v) is 20.2. The second-order valence-corrected chi connectivity index (χ2v) is 9.38. The predicted molar refractivity (Wildman–Crippen MR) is 141 cm³/mol. The Morgan fingerprint density at radius 3 is 2.72 bits per heavy atom. The number of nitrogens with zero attached hydrogens (tertiary/aromatic N) is 4. The van der Waals surface area contributed by atoms with Gasteiger partial charge in [-0.05, 0) is 55.5 Å². The van der Waals surface area contributed by atoms with E-state index in [-0.39, 0.29) is 11.6 Å². The van der Waals surface area contributed by atoms with Crippen LogP contribution < -0.4 is 16.6 Å². The Kier molecular flexibility index (Phi) is 5.45. The summed E-state index contributed by atoms with van der Waals surface area (Å²) in [5.41, 5.74) is 8.62. The van der Waals surface area contributed by atoms with Crippen molar-refractivity contribution in [3.8, 4) is 17.1 Å². The van der Waals surface area contributed by atoms with E-state index < -0.39 is 0 Å². The molecular formula is C27H23ClN6O2. The summed E-state index contributed by atoms with van der Waals surface area (Å²) in [6.45, 7) is 1.96. The van der Waals surface area contributed by atoms with Gasteiger partial charge in [-0.3, -0.25) is 9.36 Å². The van der Waals surface area contributed by atoms with E-state index in [0.29, 0.717) is 45.1 Å². The van der Waals surface area contributed by atoms with Crippen molar-refractivity contribution >= 4 is 33.9 Å². The van der Waals surface area contributed by atoms with E-state index in [2.05, 4.69) is 20.4 Å². The number of nitrogen functional groups attached to an aromatic ring is 1. The third-order valence-electron chi connectivity index (χ3n) is 6.42. The van der Waals surface area contributed by atoms with Crippen molar-refractivity contribution in [2.24, 2.45) is 0 Å². The summed E-state index contributed by atoms with van der Waals surface area (Å²) in [6.07, 6.45) is 3.75. The number of nitrogens with two attached hydrogens (primary N) is 1. The first-order chi connectivity index (χ1) is 17.5. The van der Waals surface area contributed by atoms with E-state index in [1.165, 1.54) is 0 Å². The smallest absolute Gasteiger partial charge is 0.264 e. The fourth-order valence-corrected chi connectivity index (χ4v) is 4.70. The molecule has 3 heterocycles. The quantitative estimate of drug-likeness (QED) is 0.308. The number of aromatic nitrogens is 4. The van der Waals surface area contributed by atoms with Crippen LogP contribution in [0.5, 0.6) is 0 Å². The molecule has 5 aromatic rings. The van der Waals surface area contributed by atoms with Crippen molar-refractivity contribution in [3.63, 3.8) is 0 Å². The number of hydrogen-bond acceptors (Lipinski definition) is 7. The molecule has 0 radical (unpaired) electrons. The van der Waals surface area contributed by atoms with Gasteiger partial charge < -0.3 is 15.6 Å². The average molecular weight is 499 g/mol. The number of halogens is 1. The Hall–Kier alpha value is -4.17. The van der Waals surface area contributed by atoms with Gasteiger partial charge in [0.05, 0.1) is 16.5 Å². The van der Waals surface area contributed by atoms with Crippen molar-refractivity contribution in [2.75, 3.05) is 11.1 Å². The number of benzene rings is 2. The predicted octanol–water partition coefficient (Wildman–Crippen LogP) is 5.72. The van der Waals surface area contributed by atoms with Crippen LogP contribution in [0.25, 0.3) is 27.9 Å². The molecule has 1 aliphatic carbocycles. The van der Waals surface area contributed by atoms with Gasteiger partial charge >= 0.3 is 0 Å². The fourth-order valence-electron chi connectivity index (χ4n) is 4.44. The number of rotatable bonds is 6. The van der Waals surface area contributed by atoms with Gasteiger partial charge in [0.1, 0.15) is 11.4 Å². The third-order valence-corrected chi connectivity index (χ3v) is 6.73. The van der Waals surface area contributed by atoms with Crippen LogP contribution in [0.2, 0.25) is 5.02 Å². The van der Waals surface area contributed by atoms with E-state index in [4.69, 9.17) is 21.9 Å². The van der Waals surface area contributed by atoms with E-state index in [0.717, 1.165) is 29.6 Å². The Bertz CT molecular complexity index is 1640. The van der Waals surface area contributed by atoms with Crippen molar-refractivity contribution in [2.45, 2.75) is 31.7 Å². The fraction of sp³-hybridized carbons (Fsp3) is 0.185. The molecule has 1 atom stereocenters. The van der Waals surface area contributed by atoms with Gasteiger partial charge in [0, 0.05) is 29.2 Å². The summed E-state index contributed by atoms with van der Waals surface area (Å²) >= 11 is 6.44. The van der Waals surface area contributed by atoms with Gasteiger partial charge in [0.2, 0.25) is 0 Å². The topological polar surface area (TPSA) is 112 Å². The van der Waals surface area contributed by atoms with E-state index in [1.54, 1.807) is 22.9 Å². The molecule has 0 saturated heterocycles. The van der Waals surface area contributed by atoms with Gasteiger partial charge in [0.25, 0.3) is 11.4 Å². The van der Waals surface area contributed by atoms with Gasteiger partial charge in [-0.25, -0.2) is 4.98 Å². The molecule has 3 aromatic heterocycles. The highest BCUT2D eigenvalue weighted by Crippen LogP contribution is 2.40. The zero-order valence-electron chi connectivity index (χ0n) is 19.5. The standard InChI is InChI=1S/C27H23ClN6O2/c1-15(31-25-23(20(29)12-13-30-25)26-32-24(33-36-26)16-10-11-16)21-14-17-6-5-9-19(28)22(17)27(35)34(21)18-7-3-2-4-8-18/h2-9,12-16H,10-11H2,1H3,(H3,29,30,31)/t15-/m0/s1. The second kappa shape index (κ2) is 8.80. The van der Waals surface area contributed by atoms with Gasteiger partial charge in [-0.15, -0.1) is 0 Å². The molecule has 6 rings (SSSR count). The lowest BCUT2D eigenvalue weighted by Gasteiger charge is -2.22. The van der Waals surface area contributed by atoms with Crippen LogP contribution in [0, 0.1) is 0 Å². The average Bonchev–Trinajstić information content (AvgIpc) is 3.62. The molecular weight excluding hydrogens is 476 g/mol. The summed E-state index contributed by atoms with van der Waals surface area (Å²) in [4.78, 5) is 22.8. The van der Waals surface area contributed by atoms with Gasteiger partial charge in [-0.2, -0.15) is 4.98 Å². The zero-order chi connectivity index (χ0) is 24.8. The minimum Gasteiger partial charge on any atom is -0.398 e. The van der Waals surface area contributed by atoms with Crippen LogP contribution >= 0.6 is 11.6 Å².